The van der Waals surface area contributed by atoms with Crippen LogP contribution in [-0.2, 0) is 20.2 Å². The number of hydrogen-bond acceptors (Lipinski definition) is 3. The van der Waals surface area contributed by atoms with Crippen LogP contribution in [-0.4, -0.2) is 49.7 Å². The van der Waals surface area contributed by atoms with Crippen LogP contribution in [0.3, 0.4) is 0 Å². The zero-order chi connectivity index (χ0) is 19.7. The predicted octanol–water partition coefficient (Wildman–Crippen LogP) is 3.17. The Hall–Kier alpha value is -1.66. The summed E-state index contributed by atoms with van der Waals surface area (Å²) in [6.45, 7) is 7.96. The van der Waals surface area contributed by atoms with Crippen molar-refractivity contribution in [2.24, 2.45) is 5.92 Å². The molecule has 2 aliphatic rings. The Labute approximate surface area is 163 Å². The van der Waals surface area contributed by atoms with E-state index >= 15 is 0 Å². The topological polar surface area (TPSA) is 57.7 Å². The van der Waals surface area contributed by atoms with Crippen LogP contribution in [0.5, 0.6) is 0 Å². The summed E-state index contributed by atoms with van der Waals surface area (Å²) in [5.74, 6) is 0.485. The molecule has 0 unspecified atom stereocenters. The van der Waals surface area contributed by atoms with Gasteiger partial charge < -0.3 is 4.90 Å². The quantitative estimate of drug-likeness (QED) is 0.742. The molecule has 6 heteroatoms. The molecule has 5 nitrogen and oxygen atoms in total. The molecule has 1 amide bonds. The summed E-state index contributed by atoms with van der Waals surface area (Å²) in [4.78, 5) is 14.6. The molecule has 1 saturated heterocycles. The molecule has 1 fully saturated rings. The van der Waals surface area contributed by atoms with Crippen molar-refractivity contribution in [3.8, 4) is 0 Å². The van der Waals surface area contributed by atoms with Crippen molar-refractivity contribution in [1.82, 2.24) is 9.21 Å². The molecule has 1 aliphatic heterocycles. The highest BCUT2D eigenvalue weighted by atomic mass is 32.2. The highest BCUT2D eigenvalue weighted by molar-refractivity contribution is 7.89. The molecule has 0 radical (unpaired) electrons. The normalized spacial score (nSPS) is 21.6. The monoisotopic (exact) mass is 390 g/mol. The summed E-state index contributed by atoms with van der Waals surface area (Å²) in [5, 5.41) is 0. The number of benzene rings is 1. The first-order valence-electron chi connectivity index (χ1n) is 9.73. The lowest BCUT2D eigenvalue weighted by Crippen LogP contribution is -2.50. The second-order valence-corrected chi connectivity index (χ2v) is 10.5. The number of carbonyl (C=O) groups is 1. The number of sulfonamides is 1. The molecule has 0 bridgehead atoms. The van der Waals surface area contributed by atoms with Gasteiger partial charge in [0.25, 0.3) is 0 Å². The van der Waals surface area contributed by atoms with Gasteiger partial charge in [-0.1, -0.05) is 45.1 Å². The Bertz CT molecular complexity index is 799. The van der Waals surface area contributed by atoms with Gasteiger partial charge in [-0.2, -0.15) is 4.31 Å². The maximum atomic E-state index is 12.9. The van der Waals surface area contributed by atoms with Gasteiger partial charge in [0.2, 0.25) is 15.9 Å². The third-order valence-corrected chi connectivity index (χ3v) is 7.41. The fraction of sp³-hybridized carbons (Fsp3) is 0.571. The van der Waals surface area contributed by atoms with Gasteiger partial charge in [-0.05, 0) is 41.9 Å². The van der Waals surface area contributed by atoms with Gasteiger partial charge in [0.1, 0.15) is 0 Å². The van der Waals surface area contributed by atoms with E-state index in [1.165, 1.54) is 4.31 Å². The summed E-state index contributed by atoms with van der Waals surface area (Å²) in [6.07, 6.45) is 6.90. The second-order valence-electron chi connectivity index (χ2n) is 8.53. The molecule has 1 atom stereocenters. The SMILES string of the molecule is CC(C)(C)c1ccc(S(=O)(=O)N2CCN(C(=O)C[C@@H]3C=CCC3)CC2)cc1. The standard InChI is InChI=1S/C21H30N2O3S/c1-21(2,3)18-8-10-19(11-9-18)27(25,26)23-14-12-22(13-15-23)20(24)16-17-6-4-5-7-17/h4,6,8-11,17H,5,7,12-16H2,1-3H3/t17-/m1/s1. The number of piperazine rings is 1. The maximum absolute atomic E-state index is 12.9. The molecule has 1 aromatic carbocycles. The molecular formula is C21H30N2O3S. The van der Waals surface area contributed by atoms with Gasteiger partial charge in [0.15, 0.2) is 0 Å². The second kappa shape index (κ2) is 7.76. The lowest BCUT2D eigenvalue weighted by Gasteiger charge is -2.34. The largest absolute Gasteiger partial charge is 0.340 e. The maximum Gasteiger partial charge on any atom is 0.243 e. The van der Waals surface area contributed by atoms with Gasteiger partial charge in [0.05, 0.1) is 4.90 Å². The average Bonchev–Trinajstić information content (AvgIpc) is 3.14. The van der Waals surface area contributed by atoms with Crippen molar-refractivity contribution < 1.29 is 13.2 Å². The first kappa shape index (κ1) is 20.1. The van der Waals surface area contributed by atoms with E-state index in [1.807, 2.05) is 12.1 Å². The first-order valence-corrected chi connectivity index (χ1v) is 11.2. The Morgan fingerprint density at radius 3 is 2.22 bits per heavy atom. The molecule has 0 spiro atoms. The van der Waals surface area contributed by atoms with Crippen molar-refractivity contribution in [2.75, 3.05) is 26.2 Å². The average molecular weight is 391 g/mol. The van der Waals surface area contributed by atoms with Gasteiger partial charge in [-0.25, -0.2) is 8.42 Å². The summed E-state index contributed by atoms with van der Waals surface area (Å²) in [7, 11) is -3.51. The Morgan fingerprint density at radius 2 is 1.70 bits per heavy atom. The highest BCUT2D eigenvalue weighted by Crippen LogP contribution is 2.26. The van der Waals surface area contributed by atoms with Crippen molar-refractivity contribution in [1.29, 1.82) is 0 Å². The van der Waals surface area contributed by atoms with Crippen molar-refractivity contribution in [3.63, 3.8) is 0 Å². The zero-order valence-corrected chi connectivity index (χ0v) is 17.3. The van der Waals surface area contributed by atoms with Gasteiger partial charge in [-0.3, -0.25) is 4.79 Å². The number of nitrogens with zero attached hydrogens (tertiary/aromatic N) is 2. The van der Waals surface area contributed by atoms with Crippen LogP contribution in [0.2, 0.25) is 0 Å². The highest BCUT2D eigenvalue weighted by Gasteiger charge is 2.31. The van der Waals surface area contributed by atoms with E-state index in [2.05, 4.69) is 32.9 Å². The molecule has 3 rings (SSSR count). The Morgan fingerprint density at radius 1 is 1.07 bits per heavy atom. The Balaban J connectivity index is 1.60. The molecule has 27 heavy (non-hydrogen) atoms. The smallest absolute Gasteiger partial charge is 0.243 e. The fourth-order valence-corrected chi connectivity index (χ4v) is 5.09. The van der Waals surface area contributed by atoms with E-state index in [0.717, 1.165) is 18.4 Å². The fourth-order valence-electron chi connectivity index (χ4n) is 3.67. The molecule has 0 N–H and O–H groups in total. The van der Waals surface area contributed by atoms with E-state index < -0.39 is 10.0 Å². The molecule has 0 aromatic heterocycles. The van der Waals surface area contributed by atoms with E-state index in [0.29, 0.717) is 43.4 Å². The number of hydrogen-bond donors (Lipinski definition) is 0. The minimum atomic E-state index is -3.51. The van der Waals surface area contributed by atoms with Gasteiger partial charge in [0, 0.05) is 32.6 Å². The van der Waals surface area contributed by atoms with Crippen molar-refractivity contribution in [3.05, 3.63) is 42.0 Å². The summed E-state index contributed by atoms with van der Waals surface area (Å²) in [6, 6.07) is 7.17. The van der Waals surface area contributed by atoms with Crippen LogP contribution in [0.15, 0.2) is 41.3 Å². The number of carbonyl (C=O) groups excluding carboxylic acids is 1. The van der Waals surface area contributed by atoms with E-state index in [9.17, 15) is 13.2 Å². The molecular weight excluding hydrogens is 360 g/mol. The molecule has 148 valence electrons. The number of allylic oxidation sites excluding steroid dienone is 2. The van der Waals surface area contributed by atoms with E-state index in [1.54, 1.807) is 17.0 Å². The molecule has 0 saturated carbocycles. The van der Waals surface area contributed by atoms with E-state index in [-0.39, 0.29) is 11.3 Å². The van der Waals surface area contributed by atoms with Crippen LogP contribution in [0.1, 0.15) is 45.6 Å². The zero-order valence-electron chi connectivity index (χ0n) is 16.5. The molecule has 1 aromatic rings. The summed E-state index contributed by atoms with van der Waals surface area (Å²) < 4.78 is 27.3. The minimum absolute atomic E-state index is 0.0111. The van der Waals surface area contributed by atoms with Gasteiger partial charge in [-0.15, -0.1) is 0 Å². The van der Waals surface area contributed by atoms with Crippen molar-refractivity contribution in [2.45, 2.75) is 50.3 Å². The summed E-state index contributed by atoms with van der Waals surface area (Å²) in [5.41, 5.74) is 1.10. The minimum Gasteiger partial charge on any atom is -0.340 e. The predicted molar refractivity (Wildman–Crippen MR) is 107 cm³/mol. The van der Waals surface area contributed by atoms with Crippen LogP contribution < -0.4 is 0 Å². The van der Waals surface area contributed by atoms with Crippen LogP contribution >= 0.6 is 0 Å². The third kappa shape index (κ3) is 4.61. The molecule has 1 aliphatic carbocycles. The van der Waals surface area contributed by atoms with Crippen LogP contribution in [0.4, 0.5) is 0 Å². The lowest BCUT2D eigenvalue weighted by atomic mass is 9.87. The van der Waals surface area contributed by atoms with E-state index in [4.69, 9.17) is 0 Å². The molecule has 1 heterocycles. The first-order chi connectivity index (χ1) is 12.7. The third-order valence-electron chi connectivity index (χ3n) is 5.50. The number of rotatable bonds is 4. The van der Waals surface area contributed by atoms with Crippen LogP contribution in [0.25, 0.3) is 0 Å². The van der Waals surface area contributed by atoms with Crippen molar-refractivity contribution >= 4 is 15.9 Å². The van der Waals surface area contributed by atoms with Gasteiger partial charge >= 0.3 is 0 Å². The Kier molecular flexibility index (Phi) is 5.77. The summed E-state index contributed by atoms with van der Waals surface area (Å²) >= 11 is 0. The number of amides is 1. The van der Waals surface area contributed by atoms with Crippen LogP contribution in [0, 0.1) is 5.92 Å². The lowest BCUT2D eigenvalue weighted by molar-refractivity contribution is -0.133.